The van der Waals surface area contributed by atoms with Crippen molar-refractivity contribution in [3.8, 4) is 5.75 Å². The van der Waals surface area contributed by atoms with Gasteiger partial charge in [0.05, 0.1) is 24.0 Å². The number of ether oxygens (including phenoxy) is 1. The molecule has 0 fully saturated rings. The Kier molecular flexibility index (Phi) is 7.89. The average molecular weight is 527 g/mol. The minimum atomic E-state index is -4.01. The van der Waals surface area contributed by atoms with Crippen LogP contribution in [-0.4, -0.2) is 43.7 Å². The van der Waals surface area contributed by atoms with E-state index < -0.39 is 27.9 Å². The topological polar surface area (TPSA) is 117 Å². The van der Waals surface area contributed by atoms with Crippen molar-refractivity contribution in [3.05, 3.63) is 72.1 Å². The average Bonchev–Trinajstić information content (AvgIpc) is 2.85. The molecule has 2 aliphatic heterocycles. The Morgan fingerprint density at radius 1 is 1.16 bits per heavy atom. The predicted molar refractivity (Wildman–Crippen MR) is 140 cm³/mol. The zero-order valence-electron chi connectivity index (χ0n) is 21.4. The van der Waals surface area contributed by atoms with Crippen LogP contribution in [0.25, 0.3) is 0 Å². The van der Waals surface area contributed by atoms with Gasteiger partial charge in [0.15, 0.2) is 0 Å². The van der Waals surface area contributed by atoms with Crippen LogP contribution in [0.1, 0.15) is 50.8 Å². The number of rotatable bonds is 8. The summed E-state index contributed by atoms with van der Waals surface area (Å²) in [4.78, 5) is 25.7. The van der Waals surface area contributed by atoms with Gasteiger partial charge in [-0.05, 0) is 29.2 Å². The monoisotopic (exact) mass is 526 g/mol. The third kappa shape index (κ3) is 6.50. The van der Waals surface area contributed by atoms with E-state index in [2.05, 4.69) is 36.7 Å². The molecule has 2 aliphatic rings. The number of fused-ring (bicyclic) bond motifs is 1. The van der Waals surface area contributed by atoms with Gasteiger partial charge in [-0.3, -0.25) is 13.9 Å². The summed E-state index contributed by atoms with van der Waals surface area (Å²) in [5.41, 5.74) is 2.13. The molecule has 0 radical (unpaired) electrons. The molecule has 0 aromatic heterocycles. The maximum Gasteiger partial charge on any atom is 0.264 e. The van der Waals surface area contributed by atoms with Crippen molar-refractivity contribution < 1.29 is 22.7 Å². The summed E-state index contributed by atoms with van der Waals surface area (Å²) in [5, 5.41) is 8.94. The molecular formula is C27H34N4O5S. The number of benzene rings is 2. The Bertz CT molecular complexity index is 1270. The standard InChI is InChI=1S/C27H34N4O5S/c1-27(2,3)18-28-17-19-9-10-21-22(11-14-36-24(21)15-19)30-25(32)16-23-26(33)29-12-13-31(23)37(34,35)20-7-5-4-6-8-20/h4-10,12-13,15,22-23,28H,11,14,16-18H2,1-3H3,(H,29,33)(H,30,32)/t22-,23-/m1/s1. The normalized spacial score (nSPS) is 19.5. The fourth-order valence-corrected chi connectivity index (χ4v) is 5.83. The molecule has 37 heavy (non-hydrogen) atoms. The van der Waals surface area contributed by atoms with Crippen LogP contribution in [-0.2, 0) is 26.2 Å². The zero-order valence-corrected chi connectivity index (χ0v) is 22.2. The molecule has 9 nitrogen and oxygen atoms in total. The molecule has 3 N–H and O–H groups in total. The molecule has 10 heteroatoms. The second-order valence-electron chi connectivity index (χ2n) is 10.5. The number of hydrogen-bond donors (Lipinski definition) is 3. The molecule has 2 amide bonds. The zero-order chi connectivity index (χ0) is 26.6. The van der Waals surface area contributed by atoms with Crippen LogP contribution < -0.4 is 20.7 Å². The lowest BCUT2D eigenvalue weighted by Gasteiger charge is -2.32. The summed E-state index contributed by atoms with van der Waals surface area (Å²) in [5.74, 6) is -0.257. The Balaban J connectivity index is 1.44. The maximum atomic E-state index is 13.2. The van der Waals surface area contributed by atoms with Crippen LogP contribution in [0.3, 0.4) is 0 Å². The van der Waals surface area contributed by atoms with Crippen molar-refractivity contribution in [1.29, 1.82) is 0 Å². The van der Waals surface area contributed by atoms with Crippen molar-refractivity contribution in [2.45, 2.75) is 57.1 Å². The van der Waals surface area contributed by atoms with Crippen LogP contribution >= 0.6 is 0 Å². The summed E-state index contributed by atoms with van der Waals surface area (Å²) in [6.07, 6.45) is 2.80. The van der Waals surface area contributed by atoms with E-state index in [1.54, 1.807) is 18.2 Å². The van der Waals surface area contributed by atoms with Crippen LogP contribution in [0.4, 0.5) is 0 Å². The molecule has 4 rings (SSSR count). The van der Waals surface area contributed by atoms with Gasteiger partial charge in [0.25, 0.3) is 10.0 Å². The van der Waals surface area contributed by atoms with E-state index in [4.69, 9.17) is 4.74 Å². The van der Waals surface area contributed by atoms with Gasteiger partial charge in [-0.25, -0.2) is 8.42 Å². The highest BCUT2D eigenvalue weighted by Crippen LogP contribution is 2.33. The molecule has 2 heterocycles. The molecule has 0 saturated carbocycles. The number of nitrogens with one attached hydrogen (secondary N) is 3. The van der Waals surface area contributed by atoms with E-state index in [-0.39, 0.29) is 22.8 Å². The minimum Gasteiger partial charge on any atom is -0.493 e. The third-order valence-corrected chi connectivity index (χ3v) is 7.99. The lowest BCUT2D eigenvalue weighted by molar-refractivity contribution is -0.129. The fraction of sp³-hybridized carbons (Fsp3) is 0.407. The van der Waals surface area contributed by atoms with Gasteiger partial charge in [-0.1, -0.05) is 51.1 Å². The van der Waals surface area contributed by atoms with Crippen molar-refractivity contribution in [1.82, 2.24) is 20.3 Å². The highest BCUT2D eigenvalue weighted by atomic mass is 32.2. The smallest absolute Gasteiger partial charge is 0.264 e. The van der Waals surface area contributed by atoms with Gasteiger partial charge in [0.1, 0.15) is 11.8 Å². The Labute approximate surface area is 218 Å². The Morgan fingerprint density at radius 2 is 1.92 bits per heavy atom. The molecule has 0 spiro atoms. The quantitative estimate of drug-likeness (QED) is 0.487. The summed E-state index contributed by atoms with van der Waals surface area (Å²) >= 11 is 0. The van der Waals surface area contributed by atoms with Crippen molar-refractivity contribution in [2.24, 2.45) is 5.41 Å². The largest absolute Gasteiger partial charge is 0.493 e. The van der Waals surface area contributed by atoms with Crippen LogP contribution in [0.15, 0.2) is 65.8 Å². The van der Waals surface area contributed by atoms with Crippen LogP contribution in [0.5, 0.6) is 5.75 Å². The SMILES string of the molecule is CC(C)(C)CNCc1ccc2c(c1)OCC[C@H]2NC(=O)C[C@@H]1C(=O)NC=CN1S(=O)(=O)c1ccccc1. The molecule has 2 aromatic rings. The minimum absolute atomic E-state index is 0.0471. The second-order valence-corrected chi connectivity index (χ2v) is 12.3. The Morgan fingerprint density at radius 3 is 2.65 bits per heavy atom. The molecular weight excluding hydrogens is 492 g/mol. The number of sulfonamides is 1. The first-order valence-electron chi connectivity index (χ1n) is 12.4. The van der Waals surface area contributed by atoms with Gasteiger partial charge in [0, 0.05) is 37.5 Å². The van der Waals surface area contributed by atoms with Crippen molar-refractivity contribution >= 4 is 21.8 Å². The molecule has 0 unspecified atom stereocenters. The number of hydrogen-bond acceptors (Lipinski definition) is 6. The van der Waals surface area contributed by atoms with Crippen LogP contribution in [0, 0.1) is 5.41 Å². The summed E-state index contributed by atoms with van der Waals surface area (Å²) in [6, 6.07) is 12.3. The van der Waals surface area contributed by atoms with Gasteiger partial charge < -0.3 is 20.7 Å². The lowest BCUT2D eigenvalue weighted by Crippen LogP contribution is -2.51. The molecule has 0 aliphatic carbocycles. The Hall–Kier alpha value is -3.37. The highest BCUT2D eigenvalue weighted by Gasteiger charge is 2.37. The van der Waals surface area contributed by atoms with E-state index >= 15 is 0 Å². The lowest BCUT2D eigenvalue weighted by atomic mass is 9.96. The number of carbonyl (C=O) groups excluding carboxylic acids is 2. The van der Waals surface area contributed by atoms with E-state index in [0.717, 1.165) is 27.7 Å². The van der Waals surface area contributed by atoms with E-state index in [1.165, 1.54) is 24.5 Å². The second kappa shape index (κ2) is 10.9. The highest BCUT2D eigenvalue weighted by molar-refractivity contribution is 7.89. The summed E-state index contributed by atoms with van der Waals surface area (Å²) < 4.78 is 33.2. The summed E-state index contributed by atoms with van der Waals surface area (Å²) in [7, 11) is -4.01. The van der Waals surface area contributed by atoms with Crippen molar-refractivity contribution in [3.63, 3.8) is 0 Å². The number of nitrogens with zero attached hydrogens (tertiary/aromatic N) is 1. The third-order valence-electron chi connectivity index (χ3n) is 6.19. The molecule has 198 valence electrons. The predicted octanol–water partition coefficient (Wildman–Crippen LogP) is 2.81. The maximum absolute atomic E-state index is 13.2. The first-order valence-corrected chi connectivity index (χ1v) is 13.8. The molecule has 2 atom stereocenters. The van der Waals surface area contributed by atoms with E-state index in [1.807, 2.05) is 18.2 Å². The molecule has 2 aromatic carbocycles. The summed E-state index contributed by atoms with van der Waals surface area (Å²) in [6.45, 7) is 8.55. The number of amides is 2. The number of carbonyl (C=O) groups is 2. The first kappa shape index (κ1) is 26.7. The van der Waals surface area contributed by atoms with Gasteiger partial charge >= 0.3 is 0 Å². The molecule has 0 bridgehead atoms. The molecule has 0 saturated heterocycles. The van der Waals surface area contributed by atoms with E-state index in [0.29, 0.717) is 19.6 Å². The van der Waals surface area contributed by atoms with Gasteiger partial charge in [-0.2, -0.15) is 0 Å². The van der Waals surface area contributed by atoms with E-state index in [9.17, 15) is 18.0 Å². The fourth-order valence-electron chi connectivity index (χ4n) is 4.36. The first-order chi connectivity index (χ1) is 17.5. The van der Waals surface area contributed by atoms with Gasteiger partial charge in [0.2, 0.25) is 11.8 Å². The van der Waals surface area contributed by atoms with Crippen molar-refractivity contribution in [2.75, 3.05) is 13.2 Å². The van der Waals surface area contributed by atoms with Crippen LogP contribution in [0.2, 0.25) is 0 Å². The van der Waals surface area contributed by atoms with Gasteiger partial charge in [-0.15, -0.1) is 0 Å².